The highest BCUT2D eigenvalue weighted by Gasteiger charge is 2.18. The molecule has 1 aromatic heterocycles. The van der Waals surface area contributed by atoms with Crippen molar-refractivity contribution in [3.05, 3.63) is 71.2 Å². The van der Waals surface area contributed by atoms with Crippen LogP contribution in [0.15, 0.2) is 75.7 Å². The Morgan fingerprint density at radius 3 is 2.55 bits per heavy atom. The molecule has 1 heterocycles. The van der Waals surface area contributed by atoms with Crippen molar-refractivity contribution in [3.8, 4) is 11.4 Å². The van der Waals surface area contributed by atoms with E-state index in [1.807, 2.05) is 34.9 Å². The molecule has 0 aliphatic heterocycles. The maximum absolute atomic E-state index is 12.4. The minimum absolute atomic E-state index is 0.281. The second-order valence-electron chi connectivity index (χ2n) is 6.44. The summed E-state index contributed by atoms with van der Waals surface area (Å²) < 4.78 is 28.9. The fourth-order valence-corrected chi connectivity index (χ4v) is 4.78. The number of sulfonamides is 1. The average Bonchev–Trinajstić information content (AvgIpc) is 3.10. The number of hydrogen-bond donors (Lipinski definition) is 0. The fourth-order valence-electron chi connectivity index (χ4n) is 2.66. The predicted octanol–water partition coefficient (Wildman–Crippen LogP) is 4.44. The molecule has 0 spiro atoms. The molecule has 3 rings (SSSR count). The summed E-state index contributed by atoms with van der Waals surface area (Å²) in [6.45, 7) is 4.41. The summed E-state index contributed by atoms with van der Waals surface area (Å²) in [7, 11) is -0.409. The molecule has 0 amide bonds. The van der Waals surface area contributed by atoms with Crippen LogP contribution in [0.25, 0.3) is 11.4 Å². The van der Waals surface area contributed by atoms with E-state index in [9.17, 15) is 8.42 Å². The first-order valence-corrected chi connectivity index (χ1v) is 12.0. The minimum atomic E-state index is -3.46. The highest BCUT2D eigenvalue weighted by atomic mass is 79.9. The van der Waals surface area contributed by atoms with Crippen molar-refractivity contribution in [2.75, 3.05) is 14.1 Å². The van der Waals surface area contributed by atoms with E-state index in [0.717, 1.165) is 26.6 Å². The number of rotatable bonds is 8. The van der Waals surface area contributed by atoms with Gasteiger partial charge in [0.2, 0.25) is 10.0 Å². The summed E-state index contributed by atoms with van der Waals surface area (Å²) in [5.41, 5.74) is 1.87. The Balaban J connectivity index is 1.84. The monoisotopic (exact) mass is 492 g/mol. The number of benzene rings is 2. The van der Waals surface area contributed by atoms with Crippen LogP contribution in [-0.2, 0) is 22.3 Å². The zero-order chi connectivity index (χ0) is 21.0. The molecule has 152 valence electrons. The van der Waals surface area contributed by atoms with E-state index in [-0.39, 0.29) is 4.90 Å². The van der Waals surface area contributed by atoms with Crippen LogP contribution in [0.3, 0.4) is 0 Å². The Bertz CT molecular complexity index is 1110. The maximum Gasteiger partial charge on any atom is 0.242 e. The fraction of sp³-hybridized carbons (Fsp3) is 0.200. The minimum Gasteiger partial charge on any atom is -0.298 e. The first kappa shape index (κ1) is 21.8. The lowest BCUT2D eigenvalue weighted by atomic mass is 10.2. The molecule has 0 aliphatic rings. The molecule has 0 fully saturated rings. The van der Waals surface area contributed by atoms with Crippen LogP contribution in [0, 0.1) is 0 Å². The van der Waals surface area contributed by atoms with Crippen molar-refractivity contribution in [2.45, 2.75) is 22.3 Å². The molecule has 29 heavy (non-hydrogen) atoms. The third-order valence-corrected chi connectivity index (χ3v) is 7.55. The van der Waals surface area contributed by atoms with Gasteiger partial charge < -0.3 is 0 Å². The van der Waals surface area contributed by atoms with Gasteiger partial charge >= 0.3 is 0 Å². The smallest absolute Gasteiger partial charge is 0.242 e. The summed E-state index contributed by atoms with van der Waals surface area (Å²) in [5.74, 6) is 1.34. The van der Waals surface area contributed by atoms with E-state index in [2.05, 4.69) is 32.7 Å². The van der Waals surface area contributed by atoms with Crippen LogP contribution in [-0.4, -0.2) is 41.6 Å². The third kappa shape index (κ3) is 4.98. The van der Waals surface area contributed by atoms with Crippen molar-refractivity contribution >= 4 is 37.7 Å². The Morgan fingerprint density at radius 2 is 1.90 bits per heavy atom. The quantitative estimate of drug-likeness (QED) is 0.343. The predicted molar refractivity (Wildman–Crippen MR) is 120 cm³/mol. The van der Waals surface area contributed by atoms with Crippen LogP contribution < -0.4 is 0 Å². The van der Waals surface area contributed by atoms with Crippen molar-refractivity contribution in [3.63, 3.8) is 0 Å². The molecule has 0 bridgehead atoms. The van der Waals surface area contributed by atoms with Crippen LogP contribution in [0.4, 0.5) is 0 Å². The second-order valence-corrected chi connectivity index (χ2v) is 10.4. The Labute approximate surface area is 183 Å². The van der Waals surface area contributed by atoms with Crippen molar-refractivity contribution in [2.24, 2.45) is 0 Å². The number of allylic oxidation sites excluding steroid dienone is 1. The van der Waals surface area contributed by atoms with Gasteiger partial charge in [-0.15, -0.1) is 16.8 Å². The molecule has 0 saturated carbocycles. The lowest BCUT2D eigenvalue weighted by molar-refractivity contribution is 0.520. The van der Waals surface area contributed by atoms with Gasteiger partial charge in [0.15, 0.2) is 11.0 Å². The molecule has 0 radical (unpaired) electrons. The first-order valence-electron chi connectivity index (χ1n) is 8.77. The number of halogens is 1. The second kappa shape index (κ2) is 9.25. The normalized spacial score (nSPS) is 11.7. The van der Waals surface area contributed by atoms with Gasteiger partial charge in [-0.3, -0.25) is 4.57 Å². The van der Waals surface area contributed by atoms with Gasteiger partial charge in [0.1, 0.15) is 0 Å². The number of nitrogens with zero attached hydrogens (tertiary/aromatic N) is 4. The number of hydrogen-bond acceptors (Lipinski definition) is 5. The highest BCUT2D eigenvalue weighted by Crippen LogP contribution is 2.28. The van der Waals surface area contributed by atoms with Crippen LogP contribution >= 0.6 is 27.7 Å². The van der Waals surface area contributed by atoms with E-state index in [0.29, 0.717) is 12.3 Å². The van der Waals surface area contributed by atoms with Crippen molar-refractivity contribution < 1.29 is 8.42 Å². The summed E-state index contributed by atoms with van der Waals surface area (Å²) in [6.07, 6.45) is 1.81. The molecule has 0 atom stereocenters. The summed E-state index contributed by atoms with van der Waals surface area (Å²) in [5, 5.41) is 9.44. The molecular formula is C20H21BrN4O2S2. The molecule has 2 aromatic carbocycles. The van der Waals surface area contributed by atoms with Gasteiger partial charge in [-0.25, -0.2) is 12.7 Å². The Morgan fingerprint density at radius 1 is 1.17 bits per heavy atom. The zero-order valence-corrected chi connectivity index (χ0v) is 19.3. The maximum atomic E-state index is 12.4. The van der Waals surface area contributed by atoms with Crippen molar-refractivity contribution in [1.29, 1.82) is 0 Å². The van der Waals surface area contributed by atoms with Gasteiger partial charge in [-0.1, -0.05) is 58.0 Å². The number of aromatic nitrogens is 3. The highest BCUT2D eigenvalue weighted by molar-refractivity contribution is 9.10. The first-order chi connectivity index (χ1) is 13.8. The van der Waals surface area contributed by atoms with Crippen molar-refractivity contribution in [1.82, 2.24) is 19.1 Å². The standard InChI is InChI=1S/C20H21BrN4O2S2/c1-4-12-25-19(16-8-10-17(21)11-9-16)22-23-20(25)28-14-15-6-5-7-18(13-15)29(26,27)24(2)3/h4-11,13H,1,12,14H2,2-3H3. The molecule has 3 aromatic rings. The topological polar surface area (TPSA) is 68.1 Å². The molecular weight excluding hydrogens is 472 g/mol. The molecule has 0 aliphatic carbocycles. The van der Waals surface area contributed by atoms with E-state index in [1.54, 1.807) is 24.3 Å². The van der Waals surface area contributed by atoms with Gasteiger partial charge in [0.05, 0.1) is 4.90 Å². The van der Waals surface area contributed by atoms with Gasteiger partial charge in [0, 0.05) is 36.4 Å². The lowest BCUT2D eigenvalue weighted by Gasteiger charge is -2.12. The molecule has 6 nitrogen and oxygen atoms in total. The molecule has 9 heteroatoms. The van der Waals surface area contributed by atoms with Gasteiger partial charge in [-0.05, 0) is 29.8 Å². The average molecular weight is 493 g/mol. The molecule has 0 saturated heterocycles. The SMILES string of the molecule is C=CCn1c(SCc2cccc(S(=O)(=O)N(C)C)c2)nnc1-c1ccc(Br)cc1. The van der Waals surface area contributed by atoms with E-state index >= 15 is 0 Å². The summed E-state index contributed by atoms with van der Waals surface area (Å²) >= 11 is 4.95. The Kier molecular flexibility index (Phi) is 6.94. The largest absolute Gasteiger partial charge is 0.298 e. The van der Waals surface area contributed by atoms with E-state index in [4.69, 9.17) is 0 Å². The third-order valence-electron chi connectivity index (χ3n) is 4.18. The molecule has 0 N–H and O–H groups in total. The van der Waals surface area contributed by atoms with Crippen LogP contribution in [0.1, 0.15) is 5.56 Å². The Hall–Kier alpha value is -1.94. The summed E-state index contributed by atoms with van der Waals surface area (Å²) in [4.78, 5) is 0.281. The van der Waals surface area contributed by atoms with E-state index in [1.165, 1.54) is 30.2 Å². The lowest BCUT2D eigenvalue weighted by Crippen LogP contribution is -2.22. The van der Waals surface area contributed by atoms with Crippen LogP contribution in [0.2, 0.25) is 0 Å². The van der Waals surface area contributed by atoms with Gasteiger partial charge in [-0.2, -0.15) is 0 Å². The molecule has 0 unspecified atom stereocenters. The van der Waals surface area contributed by atoms with Gasteiger partial charge in [0.25, 0.3) is 0 Å². The van der Waals surface area contributed by atoms with Crippen LogP contribution in [0.5, 0.6) is 0 Å². The summed E-state index contributed by atoms with van der Waals surface area (Å²) in [6, 6.07) is 14.9. The number of thioether (sulfide) groups is 1. The zero-order valence-electron chi connectivity index (χ0n) is 16.1. The van der Waals surface area contributed by atoms with E-state index < -0.39 is 10.0 Å².